The third-order valence-electron chi connectivity index (χ3n) is 5.28. The molecular formula is C20H28N4O4. The van der Waals surface area contributed by atoms with Crippen LogP contribution in [0.1, 0.15) is 33.1 Å². The summed E-state index contributed by atoms with van der Waals surface area (Å²) in [6.45, 7) is 4.85. The van der Waals surface area contributed by atoms with Gasteiger partial charge in [0.2, 0.25) is 5.91 Å². The summed E-state index contributed by atoms with van der Waals surface area (Å²) in [6.07, 6.45) is 4.24. The molecule has 0 radical (unpaired) electrons. The third kappa shape index (κ3) is 4.44. The molecule has 1 atom stereocenters. The van der Waals surface area contributed by atoms with Gasteiger partial charge in [-0.05, 0) is 24.0 Å². The van der Waals surface area contributed by atoms with Crippen molar-refractivity contribution in [3.05, 3.63) is 30.6 Å². The molecule has 0 spiro atoms. The Morgan fingerprint density at radius 3 is 2.79 bits per heavy atom. The maximum Gasteiger partial charge on any atom is 0.303 e. The van der Waals surface area contributed by atoms with Crippen LogP contribution in [0.5, 0.6) is 0 Å². The Labute approximate surface area is 164 Å². The number of aliphatic hydroxyl groups is 1. The Morgan fingerprint density at radius 1 is 1.32 bits per heavy atom. The lowest BCUT2D eigenvalue weighted by Gasteiger charge is -2.31. The first-order valence-corrected chi connectivity index (χ1v) is 9.44. The number of carbonyl (C=O) groups excluding carboxylic acids is 1. The van der Waals surface area contributed by atoms with E-state index in [2.05, 4.69) is 9.88 Å². The van der Waals surface area contributed by atoms with E-state index in [4.69, 9.17) is 5.11 Å². The second kappa shape index (κ2) is 7.43. The van der Waals surface area contributed by atoms with Gasteiger partial charge in [0.15, 0.2) is 0 Å². The van der Waals surface area contributed by atoms with Crippen molar-refractivity contribution in [1.82, 2.24) is 14.3 Å². The zero-order valence-corrected chi connectivity index (χ0v) is 16.6. The van der Waals surface area contributed by atoms with E-state index in [0.717, 1.165) is 11.5 Å². The highest BCUT2D eigenvalue weighted by Gasteiger charge is 2.39. The Bertz CT molecular complexity index is 878. The van der Waals surface area contributed by atoms with Crippen molar-refractivity contribution in [2.45, 2.75) is 38.7 Å². The number of carboxylic acid groups (broad SMARTS) is 1. The number of rotatable bonds is 7. The van der Waals surface area contributed by atoms with E-state index >= 15 is 0 Å². The zero-order valence-electron chi connectivity index (χ0n) is 16.6. The Kier molecular flexibility index (Phi) is 5.34. The number of hydrogen-bond acceptors (Lipinski definition) is 5. The minimum atomic E-state index is -1.01. The van der Waals surface area contributed by atoms with Crippen molar-refractivity contribution in [3.63, 3.8) is 0 Å². The highest BCUT2D eigenvalue weighted by atomic mass is 16.4. The summed E-state index contributed by atoms with van der Waals surface area (Å²) in [5.74, 6) is -0.114. The fourth-order valence-electron chi connectivity index (χ4n) is 3.92. The molecule has 0 aromatic carbocycles. The van der Waals surface area contributed by atoms with E-state index in [0.29, 0.717) is 19.5 Å². The van der Waals surface area contributed by atoms with Crippen molar-refractivity contribution in [2.24, 2.45) is 5.41 Å². The van der Waals surface area contributed by atoms with Gasteiger partial charge in [-0.25, -0.2) is 4.98 Å². The molecule has 8 nitrogen and oxygen atoms in total. The van der Waals surface area contributed by atoms with Gasteiger partial charge < -0.3 is 20.0 Å². The Morgan fingerprint density at radius 2 is 2.07 bits per heavy atom. The summed E-state index contributed by atoms with van der Waals surface area (Å²) in [5.41, 5.74) is -0.788. The lowest BCUT2D eigenvalue weighted by Crippen LogP contribution is -2.46. The van der Waals surface area contributed by atoms with E-state index in [-0.39, 0.29) is 25.3 Å². The van der Waals surface area contributed by atoms with Gasteiger partial charge in [0, 0.05) is 39.0 Å². The van der Waals surface area contributed by atoms with Gasteiger partial charge in [-0.2, -0.15) is 0 Å². The largest absolute Gasteiger partial charge is 0.481 e. The van der Waals surface area contributed by atoms with Crippen LogP contribution in [-0.2, 0) is 9.59 Å². The maximum atomic E-state index is 12.6. The molecule has 3 heterocycles. The number of β-amino-alcohol motifs (C(OH)–C–C–N with tert-alkyl or cyclic N) is 1. The van der Waals surface area contributed by atoms with Gasteiger partial charge in [0.25, 0.3) is 0 Å². The molecule has 0 bridgehead atoms. The van der Waals surface area contributed by atoms with E-state index in [1.165, 1.54) is 4.90 Å². The van der Waals surface area contributed by atoms with Gasteiger partial charge >= 0.3 is 5.97 Å². The van der Waals surface area contributed by atoms with Crippen LogP contribution in [0.2, 0.25) is 0 Å². The molecule has 2 N–H and O–H groups in total. The summed E-state index contributed by atoms with van der Waals surface area (Å²) in [6, 6.07) is 5.86. The van der Waals surface area contributed by atoms with Crippen molar-refractivity contribution < 1.29 is 19.8 Å². The van der Waals surface area contributed by atoms with Crippen molar-refractivity contribution in [1.29, 1.82) is 0 Å². The predicted octanol–water partition coefficient (Wildman–Crippen LogP) is 1.62. The molecule has 0 unspecified atom stereocenters. The van der Waals surface area contributed by atoms with E-state index in [9.17, 15) is 14.7 Å². The molecule has 1 amide bonds. The summed E-state index contributed by atoms with van der Waals surface area (Å²) in [7, 11) is 1.66. The number of anilines is 1. The molecule has 8 heteroatoms. The van der Waals surface area contributed by atoms with Crippen LogP contribution in [0.25, 0.3) is 5.65 Å². The first-order valence-electron chi connectivity index (χ1n) is 9.44. The SMILES string of the molecule is CN(C[C@@]1(O)CCN(c2cccc3nccn23)C1)C(=O)CC(C)(C)CC(=O)O. The number of hydrogen-bond donors (Lipinski definition) is 2. The number of amides is 1. The molecule has 0 aliphatic carbocycles. The van der Waals surface area contributed by atoms with Crippen LogP contribution < -0.4 is 4.90 Å². The van der Waals surface area contributed by atoms with Crippen LogP contribution in [-0.4, -0.2) is 68.7 Å². The predicted molar refractivity (Wildman–Crippen MR) is 105 cm³/mol. The lowest BCUT2D eigenvalue weighted by atomic mass is 9.85. The number of carboxylic acids is 1. The van der Waals surface area contributed by atoms with Crippen LogP contribution >= 0.6 is 0 Å². The smallest absolute Gasteiger partial charge is 0.303 e. The second-order valence-electron chi connectivity index (χ2n) is 8.60. The number of fused-ring (bicyclic) bond motifs is 1. The van der Waals surface area contributed by atoms with Gasteiger partial charge in [-0.15, -0.1) is 0 Å². The standard InChI is InChI=1S/C20H28N4O4/c1-19(2,12-18(26)27)11-17(25)22(3)13-20(28)7-9-23(14-20)16-6-4-5-15-21-8-10-24(15)16/h4-6,8,10,28H,7,9,11-14H2,1-3H3,(H,26,27)/t20-/m0/s1. The molecule has 1 fully saturated rings. The normalized spacial score (nSPS) is 19.9. The molecule has 1 aliphatic rings. The van der Waals surface area contributed by atoms with Gasteiger partial charge in [-0.3, -0.25) is 14.0 Å². The number of nitrogens with zero attached hydrogens (tertiary/aromatic N) is 4. The van der Waals surface area contributed by atoms with Crippen molar-refractivity contribution in [2.75, 3.05) is 31.6 Å². The topological polar surface area (TPSA) is 98.4 Å². The molecule has 28 heavy (non-hydrogen) atoms. The van der Waals surface area contributed by atoms with E-state index in [1.807, 2.05) is 28.8 Å². The summed E-state index contributed by atoms with van der Waals surface area (Å²) < 4.78 is 1.98. The summed E-state index contributed by atoms with van der Waals surface area (Å²) >= 11 is 0. The van der Waals surface area contributed by atoms with Gasteiger partial charge in [0.05, 0.1) is 13.0 Å². The number of aromatic nitrogens is 2. The molecule has 2 aromatic rings. The first-order chi connectivity index (χ1) is 13.1. The fraction of sp³-hybridized carbons (Fsp3) is 0.550. The minimum absolute atomic E-state index is 0.0699. The summed E-state index contributed by atoms with van der Waals surface area (Å²) in [4.78, 5) is 31.4. The van der Waals surface area contributed by atoms with Gasteiger partial charge in [-0.1, -0.05) is 19.9 Å². The third-order valence-corrected chi connectivity index (χ3v) is 5.28. The Balaban J connectivity index is 1.64. The monoisotopic (exact) mass is 388 g/mol. The number of aliphatic carboxylic acids is 1. The number of pyridine rings is 1. The molecule has 3 rings (SSSR count). The number of carbonyl (C=O) groups is 2. The molecule has 152 valence electrons. The quantitative estimate of drug-likeness (QED) is 0.748. The fourth-order valence-corrected chi connectivity index (χ4v) is 3.92. The van der Waals surface area contributed by atoms with E-state index in [1.54, 1.807) is 27.1 Å². The average Bonchev–Trinajstić information content (AvgIpc) is 3.19. The van der Waals surface area contributed by atoms with Crippen LogP contribution in [0, 0.1) is 5.41 Å². The number of imidazole rings is 1. The van der Waals surface area contributed by atoms with Crippen LogP contribution in [0.4, 0.5) is 5.82 Å². The molecular weight excluding hydrogens is 360 g/mol. The minimum Gasteiger partial charge on any atom is -0.481 e. The van der Waals surface area contributed by atoms with Crippen LogP contribution in [0.15, 0.2) is 30.6 Å². The first kappa shape index (κ1) is 20.1. The maximum absolute atomic E-state index is 12.6. The van der Waals surface area contributed by atoms with Crippen LogP contribution in [0.3, 0.4) is 0 Å². The highest BCUT2D eigenvalue weighted by Crippen LogP contribution is 2.29. The average molecular weight is 388 g/mol. The summed E-state index contributed by atoms with van der Waals surface area (Å²) in [5, 5.41) is 20.0. The zero-order chi connectivity index (χ0) is 20.5. The van der Waals surface area contributed by atoms with Crippen molar-refractivity contribution in [3.8, 4) is 0 Å². The second-order valence-corrected chi connectivity index (χ2v) is 8.60. The molecule has 0 saturated carbocycles. The highest BCUT2D eigenvalue weighted by molar-refractivity contribution is 5.78. The molecule has 2 aromatic heterocycles. The van der Waals surface area contributed by atoms with E-state index < -0.39 is 17.0 Å². The van der Waals surface area contributed by atoms with Gasteiger partial charge in [0.1, 0.15) is 17.1 Å². The molecule has 1 saturated heterocycles. The Hall–Kier alpha value is -2.61. The number of likely N-dealkylation sites (N-methyl/N-ethyl adjacent to an activating group) is 1. The van der Waals surface area contributed by atoms with Crippen molar-refractivity contribution >= 4 is 23.3 Å². The molecule has 1 aliphatic heterocycles. The lowest BCUT2D eigenvalue weighted by molar-refractivity contribution is -0.141.